The maximum absolute atomic E-state index is 13.4. The summed E-state index contributed by atoms with van der Waals surface area (Å²) in [5.41, 5.74) is 2.18. The van der Waals surface area contributed by atoms with Crippen molar-refractivity contribution in [1.29, 1.82) is 0 Å². The average Bonchev–Trinajstić information content (AvgIpc) is 2.74. The minimum atomic E-state index is -1.08. The largest absolute Gasteiger partial charge is 0.344 e. The zero-order valence-corrected chi connectivity index (χ0v) is 17.3. The van der Waals surface area contributed by atoms with Crippen molar-refractivity contribution in [3.63, 3.8) is 0 Å². The van der Waals surface area contributed by atoms with Crippen LogP contribution in [0, 0.1) is 17.6 Å². The van der Waals surface area contributed by atoms with E-state index in [1.807, 2.05) is 24.3 Å². The Morgan fingerprint density at radius 2 is 1.87 bits per heavy atom. The molecule has 1 fully saturated rings. The number of benzene rings is 2. The van der Waals surface area contributed by atoms with E-state index in [1.165, 1.54) is 26.0 Å². The van der Waals surface area contributed by atoms with Gasteiger partial charge in [-0.15, -0.1) is 0 Å². The van der Waals surface area contributed by atoms with Crippen molar-refractivity contribution in [1.82, 2.24) is 10.2 Å². The van der Waals surface area contributed by atoms with E-state index in [-0.39, 0.29) is 12.2 Å². The van der Waals surface area contributed by atoms with Crippen LogP contribution in [0.15, 0.2) is 42.5 Å². The van der Waals surface area contributed by atoms with Gasteiger partial charge in [0.1, 0.15) is 0 Å². The number of likely N-dealkylation sites (N-methyl/N-ethyl adjacent to an activating group) is 1. The summed E-state index contributed by atoms with van der Waals surface area (Å²) in [5, 5.41) is 2.65. The van der Waals surface area contributed by atoms with Crippen LogP contribution in [0.5, 0.6) is 0 Å². The van der Waals surface area contributed by atoms with Gasteiger partial charge in [0.2, 0.25) is 0 Å². The molecule has 1 atom stereocenters. The highest BCUT2D eigenvalue weighted by Crippen LogP contribution is 2.20. The SMILES string of the molecule is C[C@@H]1CCCN(Cc2ccccc2CNC(=O)C(=O)N(C)c2ccc(F)c(F)c2)C1. The Labute approximate surface area is 175 Å². The summed E-state index contributed by atoms with van der Waals surface area (Å²) in [7, 11) is 1.35. The number of nitrogens with zero attached hydrogens (tertiary/aromatic N) is 2. The van der Waals surface area contributed by atoms with Gasteiger partial charge in [-0.25, -0.2) is 8.78 Å². The van der Waals surface area contributed by atoms with Gasteiger partial charge < -0.3 is 10.2 Å². The number of nitrogens with one attached hydrogen (secondary N) is 1. The molecule has 5 nitrogen and oxygen atoms in total. The van der Waals surface area contributed by atoms with E-state index < -0.39 is 23.4 Å². The van der Waals surface area contributed by atoms with Crippen molar-refractivity contribution < 1.29 is 18.4 Å². The van der Waals surface area contributed by atoms with Gasteiger partial charge in [0.05, 0.1) is 0 Å². The molecule has 1 aliphatic rings. The monoisotopic (exact) mass is 415 g/mol. The molecule has 0 spiro atoms. The van der Waals surface area contributed by atoms with E-state index >= 15 is 0 Å². The van der Waals surface area contributed by atoms with E-state index in [1.54, 1.807) is 0 Å². The number of amides is 2. The Hall–Kier alpha value is -2.80. The van der Waals surface area contributed by atoms with Gasteiger partial charge in [0.25, 0.3) is 0 Å². The summed E-state index contributed by atoms with van der Waals surface area (Å²) in [6, 6.07) is 10.9. The molecule has 0 saturated carbocycles. The molecule has 1 saturated heterocycles. The van der Waals surface area contributed by atoms with Gasteiger partial charge in [-0.3, -0.25) is 14.5 Å². The number of hydrogen-bond donors (Lipinski definition) is 1. The predicted octanol–water partition coefficient (Wildman–Crippen LogP) is 3.48. The van der Waals surface area contributed by atoms with Gasteiger partial charge in [-0.2, -0.15) is 0 Å². The molecule has 1 aliphatic heterocycles. The molecule has 2 amide bonds. The van der Waals surface area contributed by atoms with Crippen LogP contribution in [-0.4, -0.2) is 36.9 Å². The van der Waals surface area contributed by atoms with E-state index in [9.17, 15) is 18.4 Å². The Bertz CT molecular complexity index is 919. The van der Waals surface area contributed by atoms with Crippen LogP contribution in [-0.2, 0) is 22.7 Å². The summed E-state index contributed by atoms with van der Waals surface area (Å²) in [5.74, 6) is -3.06. The average molecular weight is 415 g/mol. The van der Waals surface area contributed by atoms with E-state index in [0.717, 1.165) is 47.8 Å². The third-order valence-corrected chi connectivity index (χ3v) is 5.48. The number of halogens is 2. The molecule has 2 aromatic carbocycles. The van der Waals surface area contributed by atoms with Crippen molar-refractivity contribution in [2.75, 3.05) is 25.0 Å². The highest BCUT2D eigenvalue weighted by molar-refractivity contribution is 6.40. The second-order valence-corrected chi connectivity index (χ2v) is 7.90. The first kappa shape index (κ1) is 21.9. The molecule has 0 aliphatic carbocycles. The Morgan fingerprint density at radius 3 is 2.57 bits per heavy atom. The lowest BCUT2D eigenvalue weighted by Gasteiger charge is -2.31. The quantitative estimate of drug-likeness (QED) is 0.761. The summed E-state index contributed by atoms with van der Waals surface area (Å²) >= 11 is 0. The van der Waals surface area contributed by atoms with Crippen molar-refractivity contribution in [3.8, 4) is 0 Å². The zero-order valence-electron chi connectivity index (χ0n) is 17.3. The van der Waals surface area contributed by atoms with Crippen LogP contribution >= 0.6 is 0 Å². The van der Waals surface area contributed by atoms with Crippen LogP contribution in [0.25, 0.3) is 0 Å². The first-order valence-corrected chi connectivity index (χ1v) is 10.1. The Morgan fingerprint density at radius 1 is 1.13 bits per heavy atom. The number of anilines is 1. The number of hydrogen-bond acceptors (Lipinski definition) is 3. The second kappa shape index (κ2) is 9.80. The van der Waals surface area contributed by atoms with Crippen LogP contribution in [0.2, 0.25) is 0 Å². The van der Waals surface area contributed by atoms with Gasteiger partial charge in [-0.05, 0) is 48.6 Å². The first-order chi connectivity index (χ1) is 14.3. The van der Waals surface area contributed by atoms with Crippen molar-refractivity contribution in [3.05, 3.63) is 65.2 Å². The number of rotatable bonds is 5. The summed E-state index contributed by atoms with van der Waals surface area (Å²) in [6.07, 6.45) is 2.44. The lowest BCUT2D eigenvalue weighted by atomic mass is 9.99. The molecular formula is C23H27F2N3O2. The second-order valence-electron chi connectivity index (χ2n) is 7.90. The number of carbonyl (C=O) groups excluding carboxylic acids is 2. The lowest BCUT2D eigenvalue weighted by Crippen LogP contribution is -2.41. The van der Waals surface area contributed by atoms with Crippen molar-refractivity contribution in [2.24, 2.45) is 5.92 Å². The maximum Gasteiger partial charge on any atom is 0.316 e. The maximum atomic E-state index is 13.4. The van der Waals surface area contributed by atoms with Crippen LogP contribution in [0.1, 0.15) is 30.9 Å². The molecule has 2 aromatic rings. The standard InChI is InChI=1S/C23H27F2N3O2/c1-16-6-5-11-28(14-16)15-18-8-4-3-7-17(18)13-26-22(29)23(30)27(2)19-9-10-20(24)21(25)12-19/h3-4,7-10,12,16H,5-6,11,13-15H2,1-2H3,(H,26,29)/t16-/m1/s1. The highest BCUT2D eigenvalue weighted by atomic mass is 19.2. The summed E-state index contributed by atoms with van der Waals surface area (Å²) in [6.45, 7) is 5.39. The fourth-order valence-electron chi connectivity index (χ4n) is 3.77. The number of piperidine rings is 1. The molecule has 0 radical (unpaired) electrons. The topological polar surface area (TPSA) is 52.7 Å². The molecule has 7 heteroatoms. The van der Waals surface area contributed by atoms with Crippen molar-refractivity contribution in [2.45, 2.75) is 32.9 Å². The van der Waals surface area contributed by atoms with Gasteiger partial charge in [0, 0.05) is 38.4 Å². The molecule has 160 valence electrons. The number of likely N-dealkylation sites (tertiary alicyclic amines) is 1. The van der Waals surface area contributed by atoms with Gasteiger partial charge >= 0.3 is 11.8 Å². The lowest BCUT2D eigenvalue weighted by molar-refractivity contribution is -0.137. The van der Waals surface area contributed by atoms with E-state index in [4.69, 9.17) is 0 Å². The number of carbonyl (C=O) groups is 2. The highest BCUT2D eigenvalue weighted by Gasteiger charge is 2.22. The molecule has 1 N–H and O–H groups in total. The van der Waals surface area contributed by atoms with E-state index in [0.29, 0.717) is 5.92 Å². The zero-order chi connectivity index (χ0) is 21.7. The minimum Gasteiger partial charge on any atom is -0.344 e. The molecule has 30 heavy (non-hydrogen) atoms. The fraction of sp³-hybridized carbons (Fsp3) is 0.391. The Kier molecular flexibility index (Phi) is 7.15. The van der Waals surface area contributed by atoms with Crippen molar-refractivity contribution >= 4 is 17.5 Å². The predicted molar refractivity (Wildman–Crippen MR) is 112 cm³/mol. The molecular weight excluding hydrogens is 388 g/mol. The van der Waals surface area contributed by atoms with Crippen LogP contribution in [0.4, 0.5) is 14.5 Å². The molecule has 0 aromatic heterocycles. The molecule has 3 rings (SSSR count). The van der Waals surface area contributed by atoms with Gasteiger partial charge in [-0.1, -0.05) is 31.2 Å². The van der Waals surface area contributed by atoms with Gasteiger partial charge in [0.15, 0.2) is 11.6 Å². The third kappa shape index (κ3) is 5.42. The normalized spacial score (nSPS) is 16.9. The third-order valence-electron chi connectivity index (χ3n) is 5.48. The first-order valence-electron chi connectivity index (χ1n) is 10.1. The van der Waals surface area contributed by atoms with Crippen LogP contribution < -0.4 is 10.2 Å². The molecule has 1 heterocycles. The molecule has 0 unspecified atom stereocenters. The summed E-state index contributed by atoms with van der Waals surface area (Å²) < 4.78 is 26.5. The Balaban J connectivity index is 1.61. The van der Waals surface area contributed by atoms with Crippen LogP contribution in [0.3, 0.4) is 0 Å². The smallest absolute Gasteiger partial charge is 0.316 e. The fourth-order valence-corrected chi connectivity index (χ4v) is 3.77. The summed E-state index contributed by atoms with van der Waals surface area (Å²) in [4.78, 5) is 28.1. The minimum absolute atomic E-state index is 0.105. The van der Waals surface area contributed by atoms with E-state index in [2.05, 4.69) is 17.1 Å². The molecule has 0 bridgehead atoms.